The smallest absolute Gasteiger partial charge is 0.164 e. The Kier molecular flexibility index (Phi) is 11.4. The molecular formula is C43H50IrNO4-. The van der Waals surface area contributed by atoms with Crippen molar-refractivity contribution in [3.05, 3.63) is 90.0 Å². The van der Waals surface area contributed by atoms with Crippen LogP contribution in [0, 0.1) is 23.8 Å². The second-order valence-electron chi connectivity index (χ2n) is 14.7. The summed E-state index contributed by atoms with van der Waals surface area (Å²) in [7, 11) is 0. The summed E-state index contributed by atoms with van der Waals surface area (Å²) in [5.74, 6) is 1.17. The van der Waals surface area contributed by atoms with Crippen molar-refractivity contribution in [2.45, 2.75) is 100 Å². The predicted octanol–water partition coefficient (Wildman–Crippen LogP) is 12.6. The fraction of sp³-hybridized carbons (Fsp3) is 0.395. The summed E-state index contributed by atoms with van der Waals surface area (Å²) in [4.78, 5) is 17.0. The molecule has 0 spiro atoms. The summed E-state index contributed by atoms with van der Waals surface area (Å²) >= 11 is 0. The molecule has 3 aromatic carbocycles. The van der Waals surface area contributed by atoms with E-state index in [0.29, 0.717) is 0 Å². The van der Waals surface area contributed by atoms with Gasteiger partial charge in [0.15, 0.2) is 5.78 Å². The fourth-order valence-electron chi connectivity index (χ4n) is 6.32. The van der Waals surface area contributed by atoms with Crippen molar-refractivity contribution in [1.29, 1.82) is 0 Å². The second-order valence-corrected chi connectivity index (χ2v) is 14.7. The van der Waals surface area contributed by atoms with Crippen LogP contribution in [0.3, 0.4) is 0 Å². The summed E-state index contributed by atoms with van der Waals surface area (Å²) in [5, 5.41) is 15.6. The first-order valence-electron chi connectivity index (χ1n) is 17.3. The van der Waals surface area contributed by atoms with Gasteiger partial charge in [-0.25, -0.2) is 0 Å². The van der Waals surface area contributed by atoms with Gasteiger partial charge >= 0.3 is 0 Å². The van der Waals surface area contributed by atoms with Crippen molar-refractivity contribution >= 4 is 49.5 Å². The number of pyridine rings is 1. The van der Waals surface area contributed by atoms with Crippen molar-refractivity contribution in [2.24, 2.45) is 10.8 Å². The molecule has 0 unspecified atom stereocenters. The van der Waals surface area contributed by atoms with Gasteiger partial charge in [-0.3, -0.25) is 9.78 Å². The van der Waals surface area contributed by atoms with E-state index in [2.05, 4.69) is 63.2 Å². The van der Waals surface area contributed by atoms with E-state index in [1.54, 1.807) is 0 Å². The number of furan rings is 2. The molecule has 0 saturated carbocycles. The molecule has 6 rings (SSSR count). The van der Waals surface area contributed by atoms with Crippen LogP contribution in [0.4, 0.5) is 0 Å². The van der Waals surface area contributed by atoms with Crippen LogP contribution in [0.1, 0.15) is 99.3 Å². The van der Waals surface area contributed by atoms with Crippen LogP contribution < -0.4 is 0 Å². The van der Waals surface area contributed by atoms with E-state index < -0.39 is 0 Å². The van der Waals surface area contributed by atoms with E-state index in [9.17, 15) is 9.90 Å². The van der Waals surface area contributed by atoms with Crippen LogP contribution in [-0.2, 0) is 30.3 Å². The molecule has 0 saturated heterocycles. The minimum Gasteiger partial charge on any atom is -0.512 e. The molecule has 5 nitrogen and oxygen atoms in total. The second kappa shape index (κ2) is 14.6. The average molecular weight is 837 g/mol. The number of ketones is 1. The quantitative estimate of drug-likeness (QED) is 0.0939. The molecule has 3 heterocycles. The van der Waals surface area contributed by atoms with Gasteiger partial charge in [0.05, 0.1) is 0 Å². The van der Waals surface area contributed by atoms with Gasteiger partial charge in [0.2, 0.25) is 0 Å². The van der Waals surface area contributed by atoms with Gasteiger partial charge in [0, 0.05) is 65.1 Å². The number of aliphatic hydroxyl groups excluding tert-OH is 1. The third-order valence-corrected chi connectivity index (χ3v) is 10.6. The number of benzene rings is 3. The summed E-state index contributed by atoms with van der Waals surface area (Å²) in [6, 6.07) is 22.3. The number of allylic oxidation sites excluding steroid dienone is 2. The number of aliphatic hydroxyl groups is 1. The zero-order valence-corrected chi connectivity index (χ0v) is 33.0. The molecule has 261 valence electrons. The van der Waals surface area contributed by atoms with E-state index >= 15 is 0 Å². The molecule has 0 amide bonds. The topological polar surface area (TPSA) is 76.5 Å². The van der Waals surface area contributed by atoms with Crippen LogP contribution in [-0.4, -0.2) is 15.9 Å². The third kappa shape index (κ3) is 7.28. The van der Waals surface area contributed by atoms with Crippen molar-refractivity contribution in [1.82, 2.24) is 4.98 Å². The van der Waals surface area contributed by atoms with Gasteiger partial charge in [-0.15, -0.1) is 29.1 Å². The molecule has 49 heavy (non-hydrogen) atoms. The first-order chi connectivity index (χ1) is 22.7. The first-order valence-corrected chi connectivity index (χ1v) is 17.3. The Balaban J connectivity index is 0.000000260. The van der Waals surface area contributed by atoms with Gasteiger partial charge in [-0.2, -0.15) is 0 Å². The van der Waals surface area contributed by atoms with Gasteiger partial charge in [0.1, 0.15) is 28.3 Å². The van der Waals surface area contributed by atoms with Crippen molar-refractivity contribution in [2.75, 3.05) is 0 Å². The first kappa shape index (κ1) is 38.1. The minimum absolute atomic E-state index is 0. The number of rotatable bonds is 8. The number of carbonyl (C=O) groups is 1. The molecular weight excluding hydrogens is 787 g/mol. The molecule has 6 heteroatoms. The molecule has 3 aromatic heterocycles. The maximum Gasteiger partial charge on any atom is 0.164 e. The Hall–Kier alpha value is -3.73. The van der Waals surface area contributed by atoms with Crippen molar-refractivity contribution in [3.63, 3.8) is 0 Å². The standard InChI is InChI=1S/C28H22NO2.C15H28O2.Ir/c1-16-13-20-22(30-16)9-10-23-25(20)26-24(31-23)11-12-29-27(26)18-14-17-7-5-6-8-19(17)21(15-18)28(2,3)4;1-7-14(5,8-2)12(16)11-13(17)15(6,9-3)10-4;/h5-13,15H,1-4H3;11,16H,7-10H2,1-6H3;/q-1;;/b;12-11-;. The van der Waals surface area contributed by atoms with E-state index in [4.69, 9.17) is 13.8 Å². The largest absolute Gasteiger partial charge is 0.512 e. The van der Waals surface area contributed by atoms with Gasteiger partial charge in [0.25, 0.3) is 0 Å². The van der Waals surface area contributed by atoms with Crippen molar-refractivity contribution < 1.29 is 38.8 Å². The Morgan fingerprint density at radius 3 is 2.04 bits per heavy atom. The normalized spacial score (nSPS) is 12.7. The minimum atomic E-state index is -0.337. The van der Waals surface area contributed by atoms with Gasteiger partial charge < -0.3 is 13.9 Å². The zero-order valence-electron chi connectivity index (χ0n) is 30.6. The maximum absolute atomic E-state index is 12.2. The molecule has 1 N–H and O–H groups in total. The number of nitrogens with zero attached hydrogens (tertiary/aromatic N) is 1. The zero-order chi connectivity index (χ0) is 35.0. The van der Waals surface area contributed by atoms with Crippen LogP contribution >= 0.6 is 0 Å². The summed E-state index contributed by atoms with van der Waals surface area (Å²) in [6.45, 7) is 20.8. The van der Waals surface area contributed by atoms with E-state index in [-0.39, 0.29) is 47.9 Å². The molecule has 0 bridgehead atoms. The van der Waals surface area contributed by atoms with E-state index in [1.807, 2.05) is 72.9 Å². The van der Waals surface area contributed by atoms with Crippen LogP contribution in [0.25, 0.3) is 54.9 Å². The molecule has 0 aliphatic heterocycles. The summed E-state index contributed by atoms with van der Waals surface area (Å²) in [6.07, 6.45) is 6.57. The Morgan fingerprint density at radius 1 is 0.796 bits per heavy atom. The Bertz CT molecular complexity index is 2130. The third-order valence-electron chi connectivity index (χ3n) is 10.6. The van der Waals surface area contributed by atoms with Gasteiger partial charge in [-0.1, -0.05) is 91.5 Å². The molecule has 0 fully saturated rings. The summed E-state index contributed by atoms with van der Waals surface area (Å²) < 4.78 is 12.1. The molecule has 6 aromatic rings. The number of aryl methyl sites for hydroxylation is 1. The van der Waals surface area contributed by atoms with E-state index in [1.165, 1.54) is 17.0 Å². The summed E-state index contributed by atoms with van der Waals surface area (Å²) in [5.41, 5.74) is 5.07. The number of carbonyl (C=O) groups excluding carboxylic acids is 1. The average Bonchev–Trinajstić information content (AvgIpc) is 3.66. The fourth-order valence-corrected chi connectivity index (χ4v) is 6.32. The van der Waals surface area contributed by atoms with Crippen LogP contribution in [0.5, 0.6) is 0 Å². The molecule has 0 atom stereocenters. The number of hydrogen-bond donors (Lipinski definition) is 1. The number of aromatic nitrogens is 1. The monoisotopic (exact) mass is 837 g/mol. The number of hydrogen-bond acceptors (Lipinski definition) is 5. The van der Waals surface area contributed by atoms with Crippen LogP contribution in [0.15, 0.2) is 81.5 Å². The van der Waals surface area contributed by atoms with Crippen LogP contribution in [0.2, 0.25) is 0 Å². The Morgan fingerprint density at radius 2 is 1.41 bits per heavy atom. The predicted molar refractivity (Wildman–Crippen MR) is 200 cm³/mol. The number of fused-ring (bicyclic) bond motifs is 6. The molecule has 0 aliphatic carbocycles. The molecule has 0 aliphatic rings. The SMILES string of the molecule is CCC(C)(CC)C(=O)/C=C(\O)C(C)(CC)CC.Cc1cc2c(ccc3oc4ccnc(-c5[c-]c6ccccc6c(C(C)(C)C)c5)c4c32)o1.[Ir]. The van der Waals surface area contributed by atoms with Crippen molar-refractivity contribution in [3.8, 4) is 11.3 Å². The van der Waals surface area contributed by atoms with E-state index in [0.717, 1.165) is 81.0 Å². The molecule has 1 radical (unpaired) electrons. The van der Waals surface area contributed by atoms with Gasteiger partial charge in [-0.05, 0) is 62.3 Å². The maximum atomic E-state index is 12.2. The Labute approximate surface area is 304 Å².